The Kier molecular flexibility index (Phi) is 6.16. The smallest absolute Gasteiger partial charge is 0.165 e. The van der Waals surface area contributed by atoms with E-state index in [2.05, 4.69) is 29.2 Å². The van der Waals surface area contributed by atoms with Crippen LogP contribution in [-0.2, 0) is 24.9 Å². The summed E-state index contributed by atoms with van der Waals surface area (Å²) in [4.78, 5) is 2.41. The van der Waals surface area contributed by atoms with Crippen molar-refractivity contribution in [3.8, 4) is 11.5 Å². The second kappa shape index (κ2) is 8.56. The van der Waals surface area contributed by atoms with Gasteiger partial charge in [0.15, 0.2) is 11.5 Å². The van der Waals surface area contributed by atoms with Crippen LogP contribution >= 0.6 is 0 Å². The predicted molar refractivity (Wildman–Crippen MR) is 101 cm³/mol. The summed E-state index contributed by atoms with van der Waals surface area (Å²) >= 11 is 0. The Labute approximate surface area is 155 Å². The predicted octanol–water partition coefficient (Wildman–Crippen LogP) is 2.93. The van der Waals surface area contributed by atoms with E-state index in [9.17, 15) is 0 Å². The Morgan fingerprint density at radius 3 is 2.65 bits per heavy atom. The molecule has 26 heavy (non-hydrogen) atoms. The average molecular weight is 359 g/mol. The van der Waals surface area contributed by atoms with Crippen LogP contribution in [0.3, 0.4) is 0 Å². The molecular weight excluding hydrogens is 330 g/mol. The summed E-state index contributed by atoms with van der Waals surface area (Å²) in [6, 6.07) is 6.04. The molecule has 0 amide bonds. The third-order valence-corrected chi connectivity index (χ3v) is 4.87. The van der Waals surface area contributed by atoms with Crippen LogP contribution in [0.2, 0.25) is 0 Å². The number of hydrogen-bond donors (Lipinski definition) is 0. The van der Waals surface area contributed by atoms with E-state index in [1.807, 2.05) is 23.9 Å². The van der Waals surface area contributed by atoms with E-state index in [4.69, 9.17) is 14.2 Å². The summed E-state index contributed by atoms with van der Waals surface area (Å²) < 4.78 is 18.8. The highest BCUT2D eigenvalue weighted by Crippen LogP contribution is 2.32. The van der Waals surface area contributed by atoms with Gasteiger partial charge in [0, 0.05) is 50.6 Å². The maximum atomic E-state index is 5.88. The van der Waals surface area contributed by atoms with Crippen molar-refractivity contribution in [1.82, 2.24) is 14.7 Å². The zero-order chi connectivity index (χ0) is 18.5. The van der Waals surface area contributed by atoms with Crippen LogP contribution in [-0.4, -0.2) is 48.2 Å². The number of rotatable bonds is 8. The van der Waals surface area contributed by atoms with Crippen molar-refractivity contribution in [3.63, 3.8) is 0 Å². The van der Waals surface area contributed by atoms with E-state index in [-0.39, 0.29) is 0 Å². The first-order valence-electron chi connectivity index (χ1n) is 9.13. The van der Waals surface area contributed by atoms with E-state index >= 15 is 0 Å². The first-order valence-corrected chi connectivity index (χ1v) is 9.13. The van der Waals surface area contributed by atoms with Crippen molar-refractivity contribution < 1.29 is 14.2 Å². The maximum Gasteiger partial charge on any atom is 0.165 e. The van der Waals surface area contributed by atoms with Gasteiger partial charge in [-0.2, -0.15) is 5.10 Å². The molecule has 1 aromatic carbocycles. The maximum absolute atomic E-state index is 5.88. The molecule has 2 aromatic rings. The Morgan fingerprint density at radius 1 is 1.23 bits per heavy atom. The van der Waals surface area contributed by atoms with Crippen LogP contribution in [0.25, 0.3) is 0 Å². The molecule has 3 rings (SSSR count). The molecule has 1 saturated heterocycles. The summed E-state index contributed by atoms with van der Waals surface area (Å²) in [6.45, 7) is 5.43. The van der Waals surface area contributed by atoms with Gasteiger partial charge in [0.1, 0.15) is 0 Å². The minimum atomic E-state index is 0.295. The molecule has 1 atom stereocenters. The number of aryl methyl sites for hydroxylation is 2. The fourth-order valence-corrected chi connectivity index (χ4v) is 3.63. The monoisotopic (exact) mass is 359 g/mol. The summed E-state index contributed by atoms with van der Waals surface area (Å²) in [6.07, 6.45) is 4.66. The number of aromatic nitrogens is 2. The quantitative estimate of drug-likeness (QED) is 0.725. The molecule has 1 fully saturated rings. The second-order valence-electron chi connectivity index (χ2n) is 6.87. The van der Waals surface area contributed by atoms with Gasteiger partial charge in [-0.3, -0.25) is 9.58 Å². The largest absolute Gasteiger partial charge is 0.493 e. The molecule has 2 heterocycles. The second-order valence-corrected chi connectivity index (χ2v) is 6.87. The normalized spacial score (nSPS) is 17.0. The molecule has 6 nitrogen and oxygen atoms in total. The molecular formula is C20H29N3O3. The van der Waals surface area contributed by atoms with Crippen molar-refractivity contribution in [2.45, 2.75) is 39.0 Å². The van der Waals surface area contributed by atoms with Gasteiger partial charge in [-0.05, 0) is 25.8 Å². The van der Waals surface area contributed by atoms with Gasteiger partial charge >= 0.3 is 0 Å². The van der Waals surface area contributed by atoms with Crippen molar-refractivity contribution >= 4 is 0 Å². The Hall–Kier alpha value is -2.05. The molecule has 0 radical (unpaired) electrons. The molecule has 0 aliphatic carbocycles. The van der Waals surface area contributed by atoms with Crippen molar-refractivity contribution in [1.29, 1.82) is 0 Å². The SMILES string of the molecule is COc1cccc(CN(Cc2cn(C)nc2C)C[C@@H]2CCCO2)c1OC. The van der Waals surface area contributed by atoms with E-state index in [1.165, 1.54) is 5.56 Å². The molecule has 1 aliphatic rings. The minimum Gasteiger partial charge on any atom is -0.493 e. The lowest BCUT2D eigenvalue weighted by Crippen LogP contribution is -2.31. The number of nitrogens with zero attached hydrogens (tertiary/aromatic N) is 3. The van der Waals surface area contributed by atoms with Crippen LogP contribution in [0.1, 0.15) is 29.7 Å². The molecule has 6 heteroatoms. The fourth-order valence-electron chi connectivity index (χ4n) is 3.63. The molecule has 142 valence electrons. The summed E-state index contributed by atoms with van der Waals surface area (Å²) in [7, 11) is 5.33. The lowest BCUT2D eigenvalue weighted by Gasteiger charge is -2.26. The molecule has 0 bridgehead atoms. The van der Waals surface area contributed by atoms with E-state index < -0.39 is 0 Å². The van der Waals surface area contributed by atoms with Crippen molar-refractivity contribution in [2.24, 2.45) is 7.05 Å². The van der Waals surface area contributed by atoms with Gasteiger partial charge in [-0.15, -0.1) is 0 Å². The minimum absolute atomic E-state index is 0.295. The number of benzene rings is 1. The third-order valence-electron chi connectivity index (χ3n) is 4.87. The number of ether oxygens (including phenoxy) is 3. The van der Waals surface area contributed by atoms with Gasteiger partial charge in [-0.25, -0.2) is 0 Å². The highest BCUT2D eigenvalue weighted by atomic mass is 16.5. The third kappa shape index (κ3) is 4.37. The van der Waals surface area contributed by atoms with Crippen molar-refractivity contribution in [3.05, 3.63) is 41.2 Å². The molecule has 0 unspecified atom stereocenters. The lowest BCUT2D eigenvalue weighted by atomic mass is 10.1. The van der Waals surface area contributed by atoms with Gasteiger partial charge in [-0.1, -0.05) is 12.1 Å². The standard InChI is InChI=1S/C20H29N3O3/c1-15-17(11-22(2)21-15)13-23(14-18-8-6-10-26-18)12-16-7-5-9-19(24-3)20(16)25-4/h5,7,9,11,18H,6,8,10,12-14H2,1-4H3/t18-/m0/s1. The molecule has 1 aromatic heterocycles. The molecule has 0 saturated carbocycles. The van der Waals surface area contributed by atoms with Gasteiger partial charge in [0.25, 0.3) is 0 Å². The van der Waals surface area contributed by atoms with Crippen LogP contribution in [0.5, 0.6) is 11.5 Å². The lowest BCUT2D eigenvalue weighted by molar-refractivity contribution is 0.0675. The Bertz CT molecular complexity index is 723. The summed E-state index contributed by atoms with van der Waals surface area (Å²) in [5.41, 5.74) is 3.43. The Balaban J connectivity index is 1.82. The van der Waals surface area contributed by atoms with Gasteiger partial charge < -0.3 is 14.2 Å². The summed E-state index contributed by atoms with van der Waals surface area (Å²) in [5, 5.41) is 4.48. The fraction of sp³-hybridized carbons (Fsp3) is 0.550. The molecule has 0 spiro atoms. The zero-order valence-corrected chi connectivity index (χ0v) is 16.2. The number of hydrogen-bond acceptors (Lipinski definition) is 5. The number of methoxy groups -OCH3 is 2. The van der Waals surface area contributed by atoms with Gasteiger partial charge in [0.05, 0.1) is 26.0 Å². The average Bonchev–Trinajstić information content (AvgIpc) is 3.24. The summed E-state index contributed by atoms with van der Waals surface area (Å²) in [5.74, 6) is 1.56. The molecule has 0 N–H and O–H groups in total. The van der Waals surface area contributed by atoms with Crippen LogP contribution < -0.4 is 9.47 Å². The van der Waals surface area contributed by atoms with Crippen LogP contribution in [0.15, 0.2) is 24.4 Å². The first-order chi connectivity index (χ1) is 12.6. The first kappa shape index (κ1) is 18.7. The van der Waals surface area contributed by atoms with E-state index in [0.29, 0.717) is 6.10 Å². The van der Waals surface area contributed by atoms with Crippen LogP contribution in [0.4, 0.5) is 0 Å². The topological polar surface area (TPSA) is 48.8 Å². The van der Waals surface area contributed by atoms with E-state index in [0.717, 1.165) is 61.8 Å². The van der Waals surface area contributed by atoms with Crippen LogP contribution in [0, 0.1) is 6.92 Å². The highest BCUT2D eigenvalue weighted by molar-refractivity contribution is 5.46. The number of para-hydroxylation sites is 1. The van der Waals surface area contributed by atoms with Gasteiger partial charge in [0.2, 0.25) is 0 Å². The van der Waals surface area contributed by atoms with E-state index in [1.54, 1.807) is 14.2 Å². The van der Waals surface area contributed by atoms with Crippen molar-refractivity contribution in [2.75, 3.05) is 27.4 Å². The highest BCUT2D eigenvalue weighted by Gasteiger charge is 2.22. The molecule has 1 aliphatic heterocycles. The Morgan fingerprint density at radius 2 is 2.04 bits per heavy atom. The zero-order valence-electron chi connectivity index (χ0n) is 16.2.